The van der Waals surface area contributed by atoms with Crippen LogP contribution in [0.15, 0.2) is 12.1 Å². The molecule has 4 nitrogen and oxygen atoms in total. The van der Waals surface area contributed by atoms with Gasteiger partial charge in [0, 0.05) is 38.4 Å². The molecule has 0 unspecified atom stereocenters. The Labute approximate surface area is 96.6 Å². The normalized spacial score (nSPS) is 17.4. The number of aromatic nitrogens is 1. The van der Waals surface area contributed by atoms with Crippen molar-refractivity contribution in [2.75, 3.05) is 33.3 Å². The summed E-state index contributed by atoms with van der Waals surface area (Å²) in [6.07, 6.45) is 0. The molecule has 1 N–H and O–H groups in total. The van der Waals surface area contributed by atoms with Crippen LogP contribution >= 0.6 is 0 Å². The highest BCUT2D eigenvalue weighted by Crippen LogP contribution is 2.18. The summed E-state index contributed by atoms with van der Waals surface area (Å²) in [6, 6.07) is 3.99. The Morgan fingerprint density at radius 2 is 2.12 bits per heavy atom. The summed E-state index contributed by atoms with van der Waals surface area (Å²) in [5.41, 5.74) is 2.09. The van der Waals surface area contributed by atoms with Crippen molar-refractivity contribution >= 4 is 0 Å². The van der Waals surface area contributed by atoms with E-state index in [1.165, 1.54) is 0 Å². The van der Waals surface area contributed by atoms with Crippen LogP contribution in [0.25, 0.3) is 0 Å². The summed E-state index contributed by atoms with van der Waals surface area (Å²) in [7, 11) is 1.70. The summed E-state index contributed by atoms with van der Waals surface area (Å²) in [6.45, 7) is 7.19. The van der Waals surface area contributed by atoms with Crippen LogP contribution in [0.1, 0.15) is 11.4 Å². The van der Waals surface area contributed by atoms with Crippen LogP contribution in [0.5, 0.6) is 5.75 Å². The summed E-state index contributed by atoms with van der Waals surface area (Å²) < 4.78 is 5.34. The number of nitrogens with one attached hydrogen (secondary N) is 1. The second-order valence-corrected chi connectivity index (χ2v) is 4.13. The maximum absolute atomic E-state index is 5.34. The summed E-state index contributed by atoms with van der Waals surface area (Å²) >= 11 is 0. The number of hydrogen-bond acceptors (Lipinski definition) is 4. The third kappa shape index (κ3) is 2.71. The number of rotatable bonds is 3. The molecule has 1 aliphatic heterocycles. The van der Waals surface area contributed by atoms with Gasteiger partial charge in [-0.2, -0.15) is 0 Å². The number of piperazine rings is 1. The largest absolute Gasteiger partial charge is 0.495 e. The van der Waals surface area contributed by atoms with Gasteiger partial charge in [-0.3, -0.25) is 9.88 Å². The van der Waals surface area contributed by atoms with Crippen LogP contribution in [-0.4, -0.2) is 43.2 Å². The van der Waals surface area contributed by atoms with E-state index in [2.05, 4.69) is 15.2 Å². The molecule has 4 heteroatoms. The molecule has 0 aromatic carbocycles. The SMILES string of the molecule is COc1ccc(C)nc1CN1CCNCC1. The summed E-state index contributed by atoms with van der Waals surface area (Å²) in [5.74, 6) is 0.893. The number of hydrogen-bond donors (Lipinski definition) is 1. The van der Waals surface area contributed by atoms with Gasteiger partial charge in [0.15, 0.2) is 0 Å². The topological polar surface area (TPSA) is 37.4 Å². The number of nitrogens with zero attached hydrogens (tertiary/aromatic N) is 2. The van der Waals surface area contributed by atoms with Gasteiger partial charge in [-0.05, 0) is 19.1 Å². The lowest BCUT2D eigenvalue weighted by Gasteiger charge is -2.27. The van der Waals surface area contributed by atoms with E-state index in [9.17, 15) is 0 Å². The molecule has 1 saturated heterocycles. The molecule has 16 heavy (non-hydrogen) atoms. The van der Waals surface area contributed by atoms with Crippen molar-refractivity contribution in [1.82, 2.24) is 15.2 Å². The molecule has 88 valence electrons. The molecular formula is C12H19N3O. The lowest BCUT2D eigenvalue weighted by molar-refractivity contribution is 0.227. The fourth-order valence-electron chi connectivity index (χ4n) is 1.98. The van der Waals surface area contributed by atoms with Gasteiger partial charge in [0.1, 0.15) is 5.75 Å². The highest BCUT2D eigenvalue weighted by molar-refractivity contribution is 5.29. The van der Waals surface area contributed by atoms with E-state index in [1.54, 1.807) is 7.11 Å². The monoisotopic (exact) mass is 221 g/mol. The number of ether oxygens (including phenoxy) is 1. The zero-order valence-corrected chi connectivity index (χ0v) is 9.99. The third-order valence-electron chi connectivity index (χ3n) is 2.87. The molecule has 0 radical (unpaired) electrons. The predicted molar refractivity (Wildman–Crippen MR) is 63.7 cm³/mol. The van der Waals surface area contributed by atoms with Crippen LogP contribution < -0.4 is 10.1 Å². The fourth-order valence-corrected chi connectivity index (χ4v) is 1.98. The molecule has 1 aromatic heterocycles. The Morgan fingerprint density at radius 3 is 2.81 bits per heavy atom. The summed E-state index contributed by atoms with van der Waals surface area (Å²) in [5, 5.41) is 3.35. The second-order valence-electron chi connectivity index (χ2n) is 4.13. The van der Waals surface area contributed by atoms with Crippen LogP contribution in [0.2, 0.25) is 0 Å². The van der Waals surface area contributed by atoms with E-state index in [4.69, 9.17) is 4.74 Å². The minimum atomic E-state index is 0.881. The molecule has 0 atom stereocenters. The van der Waals surface area contributed by atoms with Crippen LogP contribution in [0, 0.1) is 6.92 Å². The van der Waals surface area contributed by atoms with E-state index in [0.717, 1.165) is 49.9 Å². The van der Waals surface area contributed by atoms with Crippen LogP contribution in [0.4, 0.5) is 0 Å². The lowest BCUT2D eigenvalue weighted by Crippen LogP contribution is -2.43. The molecule has 1 aromatic rings. The average Bonchev–Trinajstić information content (AvgIpc) is 2.31. The highest BCUT2D eigenvalue weighted by Gasteiger charge is 2.13. The van der Waals surface area contributed by atoms with Gasteiger partial charge in [0.25, 0.3) is 0 Å². The third-order valence-corrected chi connectivity index (χ3v) is 2.87. The second kappa shape index (κ2) is 5.27. The summed E-state index contributed by atoms with van der Waals surface area (Å²) in [4.78, 5) is 6.95. The van der Waals surface area contributed by atoms with Gasteiger partial charge in [-0.1, -0.05) is 0 Å². The molecule has 0 spiro atoms. The maximum Gasteiger partial charge on any atom is 0.141 e. The number of methoxy groups -OCH3 is 1. The Kier molecular flexibility index (Phi) is 3.74. The fraction of sp³-hybridized carbons (Fsp3) is 0.583. The first kappa shape index (κ1) is 11.4. The van der Waals surface area contributed by atoms with E-state index in [1.807, 2.05) is 19.1 Å². The lowest BCUT2D eigenvalue weighted by atomic mass is 10.2. The minimum Gasteiger partial charge on any atom is -0.495 e. The minimum absolute atomic E-state index is 0.881. The van der Waals surface area contributed by atoms with E-state index in [0.29, 0.717) is 0 Å². The zero-order valence-electron chi connectivity index (χ0n) is 9.99. The van der Waals surface area contributed by atoms with Crippen LogP contribution in [-0.2, 0) is 6.54 Å². The van der Waals surface area contributed by atoms with Crippen molar-refractivity contribution in [3.05, 3.63) is 23.5 Å². The van der Waals surface area contributed by atoms with Crippen molar-refractivity contribution < 1.29 is 4.74 Å². The smallest absolute Gasteiger partial charge is 0.141 e. The molecule has 0 saturated carbocycles. The first-order valence-corrected chi connectivity index (χ1v) is 5.73. The van der Waals surface area contributed by atoms with Crippen molar-refractivity contribution in [3.63, 3.8) is 0 Å². The molecule has 2 rings (SSSR count). The molecule has 0 bridgehead atoms. The average molecular weight is 221 g/mol. The predicted octanol–water partition coefficient (Wildman–Crippen LogP) is 0.804. The van der Waals surface area contributed by atoms with Gasteiger partial charge in [0.05, 0.1) is 12.8 Å². The number of pyridine rings is 1. The quantitative estimate of drug-likeness (QED) is 0.819. The Morgan fingerprint density at radius 1 is 1.38 bits per heavy atom. The van der Waals surface area contributed by atoms with Crippen molar-refractivity contribution in [1.29, 1.82) is 0 Å². The van der Waals surface area contributed by atoms with Gasteiger partial charge in [0.2, 0.25) is 0 Å². The molecule has 2 heterocycles. The molecule has 1 aliphatic rings. The van der Waals surface area contributed by atoms with E-state index in [-0.39, 0.29) is 0 Å². The molecule has 0 amide bonds. The van der Waals surface area contributed by atoms with Crippen molar-refractivity contribution in [2.45, 2.75) is 13.5 Å². The zero-order chi connectivity index (χ0) is 11.4. The standard InChI is InChI=1S/C12H19N3O/c1-10-3-4-12(16-2)11(14-10)9-15-7-5-13-6-8-15/h3-4,13H,5-9H2,1-2H3. The van der Waals surface area contributed by atoms with E-state index >= 15 is 0 Å². The van der Waals surface area contributed by atoms with Crippen LogP contribution in [0.3, 0.4) is 0 Å². The Bertz CT molecular complexity index is 348. The Hall–Kier alpha value is -1.13. The van der Waals surface area contributed by atoms with Gasteiger partial charge in [-0.25, -0.2) is 0 Å². The van der Waals surface area contributed by atoms with Gasteiger partial charge in [-0.15, -0.1) is 0 Å². The molecular weight excluding hydrogens is 202 g/mol. The highest BCUT2D eigenvalue weighted by atomic mass is 16.5. The van der Waals surface area contributed by atoms with Gasteiger partial charge < -0.3 is 10.1 Å². The van der Waals surface area contributed by atoms with Gasteiger partial charge >= 0.3 is 0 Å². The maximum atomic E-state index is 5.34. The first-order valence-electron chi connectivity index (χ1n) is 5.73. The Balaban J connectivity index is 2.09. The van der Waals surface area contributed by atoms with E-state index < -0.39 is 0 Å². The first-order chi connectivity index (χ1) is 7.79. The number of aryl methyl sites for hydroxylation is 1. The molecule has 0 aliphatic carbocycles. The van der Waals surface area contributed by atoms with Crippen molar-refractivity contribution in [3.8, 4) is 5.75 Å². The van der Waals surface area contributed by atoms with Crippen molar-refractivity contribution in [2.24, 2.45) is 0 Å². The molecule has 1 fully saturated rings.